The average molecular weight is 207 g/mol. The topological polar surface area (TPSA) is 46.2 Å². The van der Waals surface area contributed by atoms with E-state index in [9.17, 15) is 8.42 Å². The van der Waals surface area contributed by atoms with Gasteiger partial charge in [0.15, 0.2) is 0 Å². The molecule has 0 saturated carbocycles. The van der Waals surface area contributed by atoms with Crippen molar-refractivity contribution < 1.29 is 8.42 Å². The van der Waals surface area contributed by atoms with Crippen molar-refractivity contribution >= 4 is 9.84 Å². The number of nitrogens with one attached hydrogen (secondary N) is 1. The minimum Gasteiger partial charge on any atom is -0.317 e. The van der Waals surface area contributed by atoms with Gasteiger partial charge in [0.1, 0.15) is 9.84 Å². The Morgan fingerprint density at radius 3 is 2.46 bits per heavy atom. The van der Waals surface area contributed by atoms with Crippen LogP contribution in [0.3, 0.4) is 0 Å². The molecule has 0 aromatic rings. The molecular formula is C9H21NO2S. The van der Waals surface area contributed by atoms with Crippen molar-refractivity contribution in [3.05, 3.63) is 0 Å². The van der Waals surface area contributed by atoms with Crippen LogP contribution in [0.25, 0.3) is 0 Å². The fourth-order valence-electron chi connectivity index (χ4n) is 1.19. The summed E-state index contributed by atoms with van der Waals surface area (Å²) in [5, 5.41) is 3.25. The molecule has 0 spiro atoms. The highest BCUT2D eigenvalue weighted by molar-refractivity contribution is 7.90. The number of hydrogen-bond donors (Lipinski definition) is 1. The molecule has 0 saturated heterocycles. The molecule has 0 fully saturated rings. The summed E-state index contributed by atoms with van der Waals surface area (Å²) in [5.41, 5.74) is 0. The molecule has 13 heavy (non-hydrogen) atoms. The molecule has 80 valence electrons. The maximum Gasteiger partial charge on any atom is 0.147 e. The van der Waals surface area contributed by atoms with Crippen molar-refractivity contribution in [2.24, 2.45) is 5.92 Å². The molecule has 0 heterocycles. The second kappa shape index (κ2) is 6.38. The molecule has 1 N–H and O–H groups in total. The van der Waals surface area contributed by atoms with Gasteiger partial charge in [-0.2, -0.15) is 0 Å². The van der Waals surface area contributed by atoms with E-state index in [-0.39, 0.29) is 0 Å². The van der Waals surface area contributed by atoms with Gasteiger partial charge in [-0.15, -0.1) is 0 Å². The predicted octanol–water partition coefficient (Wildman–Crippen LogP) is 1.06. The molecule has 0 bridgehead atoms. The van der Waals surface area contributed by atoms with Crippen molar-refractivity contribution in [3.63, 3.8) is 0 Å². The molecule has 4 heteroatoms. The summed E-state index contributed by atoms with van der Waals surface area (Å²) in [4.78, 5) is 0. The molecule has 0 aliphatic rings. The lowest BCUT2D eigenvalue weighted by Gasteiger charge is -2.10. The summed E-state index contributed by atoms with van der Waals surface area (Å²) >= 11 is 0. The minimum absolute atomic E-state index is 0.323. The Bertz CT molecular complexity index is 212. The van der Waals surface area contributed by atoms with Crippen LogP contribution in [0.4, 0.5) is 0 Å². The summed E-state index contributed by atoms with van der Waals surface area (Å²) in [7, 11) is -2.76. The molecule has 1 unspecified atom stereocenters. The van der Waals surface area contributed by atoms with Crippen molar-refractivity contribution in [2.45, 2.75) is 26.7 Å². The second-order valence-electron chi connectivity index (χ2n) is 3.68. The molecular weight excluding hydrogens is 186 g/mol. The largest absolute Gasteiger partial charge is 0.317 e. The van der Waals surface area contributed by atoms with Crippen LogP contribution in [0.5, 0.6) is 0 Å². The molecule has 0 amide bonds. The van der Waals surface area contributed by atoms with E-state index in [1.165, 1.54) is 6.26 Å². The standard InChI is InChI=1S/C9H21NO2S/c1-4-10-8-9(2)6-5-7-13(3,11)12/h9-10H,4-8H2,1-3H3. The lowest BCUT2D eigenvalue weighted by molar-refractivity contribution is 0.482. The first-order valence-electron chi connectivity index (χ1n) is 4.84. The Kier molecular flexibility index (Phi) is 6.33. The Hall–Kier alpha value is -0.0900. The predicted molar refractivity (Wildman–Crippen MR) is 56.7 cm³/mol. The van der Waals surface area contributed by atoms with E-state index in [0.717, 1.165) is 25.9 Å². The Labute approximate surface area is 81.8 Å². The van der Waals surface area contributed by atoms with Gasteiger partial charge in [-0.1, -0.05) is 13.8 Å². The van der Waals surface area contributed by atoms with Gasteiger partial charge < -0.3 is 5.32 Å². The van der Waals surface area contributed by atoms with Gasteiger partial charge in [-0.3, -0.25) is 0 Å². The fourth-order valence-corrected chi connectivity index (χ4v) is 1.88. The van der Waals surface area contributed by atoms with Crippen LogP contribution in [-0.4, -0.2) is 33.5 Å². The van der Waals surface area contributed by atoms with Gasteiger partial charge in [0.2, 0.25) is 0 Å². The van der Waals surface area contributed by atoms with Crippen LogP contribution >= 0.6 is 0 Å². The molecule has 0 aliphatic carbocycles. The monoisotopic (exact) mass is 207 g/mol. The quantitative estimate of drug-likeness (QED) is 0.679. The van der Waals surface area contributed by atoms with Crippen LogP contribution in [0.1, 0.15) is 26.7 Å². The molecule has 0 aromatic heterocycles. The van der Waals surface area contributed by atoms with E-state index >= 15 is 0 Å². The zero-order chi connectivity index (χ0) is 10.3. The first kappa shape index (κ1) is 12.9. The van der Waals surface area contributed by atoms with Crippen LogP contribution < -0.4 is 5.32 Å². The van der Waals surface area contributed by atoms with Gasteiger partial charge >= 0.3 is 0 Å². The van der Waals surface area contributed by atoms with Gasteiger partial charge in [0.25, 0.3) is 0 Å². The van der Waals surface area contributed by atoms with Crippen molar-refractivity contribution in [2.75, 3.05) is 25.1 Å². The lowest BCUT2D eigenvalue weighted by atomic mass is 10.1. The van der Waals surface area contributed by atoms with E-state index < -0.39 is 9.84 Å². The average Bonchev–Trinajstić information content (AvgIpc) is 1.98. The highest BCUT2D eigenvalue weighted by atomic mass is 32.2. The minimum atomic E-state index is -2.76. The summed E-state index contributed by atoms with van der Waals surface area (Å²) in [6, 6.07) is 0. The Morgan fingerprint density at radius 1 is 1.38 bits per heavy atom. The fraction of sp³-hybridized carbons (Fsp3) is 1.00. The maximum absolute atomic E-state index is 10.8. The smallest absolute Gasteiger partial charge is 0.147 e. The van der Waals surface area contributed by atoms with Gasteiger partial charge in [0, 0.05) is 12.0 Å². The number of rotatable bonds is 7. The summed E-state index contributed by atoms with van der Waals surface area (Å²) < 4.78 is 21.6. The summed E-state index contributed by atoms with van der Waals surface area (Å²) in [5.74, 6) is 0.894. The highest BCUT2D eigenvalue weighted by Gasteiger charge is 2.05. The molecule has 1 atom stereocenters. The van der Waals surface area contributed by atoms with Crippen molar-refractivity contribution in [3.8, 4) is 0 Å². The third kappa shape index (κ3) is 9.83. The zero-order valence-electron chi connectivity index (χ0n) is 8.84. The third-order valence-corrected chi connectivity index (χ3v) is 2.99. The number of sulfone groups is 1. The van der Waals surface area contributed by atoms with Crippen molar-refractivity contribution in [1.82, 2.24) is 5.32 Å². The first-order valence-corrected chi connectivity index (χ1v) is 6.90. The van der Waals surface area contributed by atoms with E-state index in [1.54, 1.807) is 0 Å². The van der Waals surface area contributed by atoms with Crippen LogP contribution in [-0.2, 0) is 9.84 Å². The third-order valence-electron chi connectivity index (χ3n) is 1.95. The normalized spacial score (nSPS) is 14.4. The van der Waals surface area contributed by atoms with Crippen molar-refractivity contribution in [1.29, 1.82) is 0 Å². The zero-order valence-corrected chi connectivity index (χ0v) is 9.65. The molecule has 0 aliphatic heterocycles. The van der Waals surface area contributed by atoms with Crippen LogP contribution in [0.15, 0.2) is 0 Å². The summed E-state index contributed by atoms with van der Waals surface area (Å²) in [6.07, 6.45) is 3.06. The summed E-state index contributed by atoms with van der Waals surface area (Å²) in [6.45, 7) is 6.19. The van der Waals surface area contributed by atoms with Crippen LogP contribution in [0.2, 0.25) is 0 Å². The van der Waals surface area contributed by atoms with E-state index in [0.29, 0.717) is 11.7 Å². The lowest BCUT2D eigenvalue weighted by Crippen LogP contribution is -2.21. The maximum atomic E-state index is 10.8. The molecule has 0 rings (SSSR count). The Morgan fingerprint density at radius 2 is 2.00 bits per heavy atom. The van der Waals surface area contributed by atoms with E-state index in [1.807, 2.05) is 0 Å². The SMILES string of the molecule is CCNCC(C)CCCS(C)(=O)=O. The molecule has 0 radical (unpaired) electrons. The Balaban J connectivity index is 3.42. The van der Waals surface area contributed by atoms with Gasteiger partial charge in [0.05, 0.1) is 0 Å². The molecule has 0 aromatic carbocycles. The second-order valence-corrected chi connectivity index (χ2v) is 5.94. The molecule has 3 nitrogen and oxygen atoms in total. The van der Waals surface area contributed by atoms with E-state index in [2.05, 4.69) is 19.2 Å². The highest BCUT2D eigenvalue weighted by Crippen LogP contribution is 2.05. The van der Waals surface area contributed by atoms with Gasteiger partial charge in [-0.25, -0.2) is 8.42 Å². The van der Waals surface area contributed by atoms with Gasteiger partial charge in [-0.05, 0) is 31.8 Å². The van der Waals surface area contributed by atoms with E-state index in [4.69, 9.17) is 0 Å². The number of hydrogen-bond acceptors (Lipinski definition) is 3. The van der Waals surface area contributed by atoms with Crippen LogP contribution in [0, 0.1) is 5.92 Å². The first-order chi connectivity index (χ1) is 5.95.